The van der Waals surface area contributed by atoms with E-state index >= 15 is 0 Å². The van der Waals surface area contributed by atoms with E-state index in [0.29, 0.717) is 24.2 Å². The molecule has 25 heavy (non-hydrogen) atoms. The highest BCUT2D eigenvalue weighted by Crippen LogP contribution is 2.38. The van der Waals surface area contributed by atoms with Crippen molar-refractivity contribution < 1.29 is 9.63 Å². The van der Waals surface area contributed by atoms with Crippen LogP contribution in [0.25, 0.3) is 0 Å². The Morgan fingerprint density at radius 3 is 3.00 bits per heavy atom. The number of aryl methyl sites for hydroxylation is 1. The van der Waals surface area contributed by atoms with Crippen LogP contribution in [0.1, 0.15) is 54.7 Å². The fourth-order valence-electron chi connectivity index (χ4n) is 3.37. The summed E-state index contributed by atoms with van der Waals surface area (Å²) in [7, 11) is 0. The van der Waals surface area contributed by atoms with Crippen LogP contribution in [0.3, 0.4) is 0 Å². The fraction of sp³-hybridized carbons (Fsp3) is 0.611. The molecule has 1 aliphatic heterocycles. The summed E-state index contributed by atoms with van der Waals surface area (Å²) in [6.07, 6.45) is 4.62. The lowest BCUT2D eigenvalue weighted by atomic mass is 10.1. The normalized spacial score (nSPS) is 21.6. The lowest BCUT2D eigenvalue weighted by Gasteiger charge is -2.32. The Morgan fingerprint density at radius 2 is 2.16 bits per heavy atom. The number of pyridine rings is 1. The molecule has 1 atom stereocenters. The van der Waals surface area contributed by atoms with E-state index in [1.165, 1.54) is 12.8 Å². The van der Waals surface area contributed by atoms with E-state index in [-0.39, 0.29) is 5.75 Å². The zero-order valence-corrected chi connectivity index (χ0v) is 14.6. The lowest BCUT2D eigenvalue weighted by molar-refractivity contribution is 0.176. The fourth-order valence-corrected chi connectivity index (χ4v) is 3.37. The smallest absolute Gasteiger partial charge is 0.229 e. The number of hydrogen-bond acceptors (Lipinski definition) is 7. The third-order valence-electron chi connectivity index (χ3n) is 4.93. The van der Waals surface area contributed by atoms with Crippen molar-refractivity contribution in [3.8, 4) is 5.75 Å². The molecule has 4 rings (SSSR count). The molecule has 2 fully saturated rings. The topological polar surface area (TPSA) is 87.3 Å². The lowest BCUT2D eigenvalue weighted by Crippen LogP contribution is -2.45. The van der Waals surface area contributed by atoms with Gasteiger partial charge in [0, 0.05) is 30.7 Å². The van der Waals surface area contributed by atoms with Crippen LogP contribution in [0.15, 0.2) is 16.7 Å². The maximum absolute atomic E-state index is 9.92. The van der Waals surface area contributed by atoms with Crippen LogP contribution in [-0.2, 0) is 13.1 Å². The maximum Gasteiger partial charge on any atom is 0.229 e. The number of nitrogens with zero attached hydrogens (tertiary/aromatic N) is 4. The van der Waals surface area contributed by atoms with E-state index < -0.39 is 0 Å². The summed E-state index contributed by atoms with van der Waals surface area (Å²) >= 11 is 0. The zero-order valence-electron chi connectivity index (χ0n) is 14.6. The van der Waals surface area contributed by atoms with Gasteiger partial charge in [-0.15, -0.1) is 0 Å². The van der Waals surface area contributed by atoms with Crippen molar-refractivity contribution in [2.75, 3.05) is 13.1 Å². The molecular formula is C18H25N5O2. The minimum atomic E-state index is 0.255. The van der Waals surface area contributed by atoms with E-state index in [1.54, 1.807) is 6.07 Å². The molecule has 0 bridgehead atoms. The number of nitrogens with one attached hydrogen (secondary N) is 1. The first-order chi connectivity index (χ1) is 12.2. The van der Waals surface area contributed by atoms with Crippen LogP contribution in [-0.4, -0.2) is 44.3 Å². The zero-order chi connectivity index (χ0) is 17.2. The quantitative estimate of drug-likeness (QED) is 0.830. The number of rotatable bonds is 6. The van der Waals surface area contributed by atoms with Gasteiger partial charge in [-0.3, -0.25) is 9.88 Å². The molecule has 0 unspecified atom stereocenters. The molecule has 1 saturated carbocycles. The highest BCUT2D eigenvalue weighted by molar-refractivity contribution is 5.27. The maximum atomic E-state index is 9.92. The Balaban J connectivity index is 1.30. The van der Waals surface area contributed by atoms with Gasteiger partial charge >= 0.3 is 0 Å². The van der Waals surface area contributed by atoms with Gasteiger partial charge < -0.3 is 14.9 Å². The Hall–Kier alpha value is -1.99. The number of hydrogen-bond donors (Lipinski definition) is 2. The highest BCUT2D eigenvalue weighted by Gasteiger charge is 2.30. The molecule has 0 amide bonds. The number of piperidine rings is 1. The van der Waals surface area contributed by atoms with Crippen molar-refractivity contribution in [2.24, 2.45) is 0 Å². The summed E-state index contributed by atoms with van der Waals surface area (Å²) < 4.78 is 5.35. The number of aromatic nitrogens is 3. The average Bonchev–Trinajstić information content (AvgIpc) is 3.36. The predicted octanol–water partition coefficient (Wildman–Crippen LogP) is 2.11. The Morgan fingerprint density at radius 1 is 1.28 bits per heavy atom. The van der Waals surface area contributed by atoms with Crippen LogP contribution in [0.2, 0.25) is 0 Å². The standard InChI is InChI=1S/C18H25N5O2/c1-12-4-7-16(24)15(20-12)9-19-14-3-2-8-23(10-14)11-17-21-18(25-22-17)13-5-6-13/h4,7,13-14,19,24H,2-3,5-6,8-11H2,1H3/t14-/m0/s1. The molecule has 0 aromatic carbocycles. The summed E-state index contributed by atoms with van der Waals surface area (Å²) in [5.74, 6) is 2.36. The van der Waals surface area contributed by atoms with E-state index in [2.05, 4.69) is 25.3 Å². The van der Waals surface area contributed by atoms with Crippen molar-refractivity contribution in [1.29, 1.82) is 0 Å². The molecule has 1 saturated heterocycles. The van der Waals surface area contributed by atoms with E-state index in [1.807, 2.05) is 13.0 Å². The van der Waals surface area contributed by atoms with E-state index in [9.17, 15) is 5.11 Å². The van der Waals surface area contributed by atoms with Crippen molar-refractivity contribution in [1.82, 2.24) is 25.3 Å². The number of likely N-dealkylation sites (tertiary alicyclic amines) is 1. The van der Waals surface area contributed by atoms with Gasteiger partial charge in [0.15, 0.2) is 5.82 Å². The minimum absolute atomic E-state index is 0.255. The summed E-state index contributed by atoms with van der Waals surface area (Å²) in [5.41, 5.74) is 1.63. The average molecular weight is 343 g/mol. The van der Waals surface area contributed by atoms with Gasteiger partial charge in [0.05, 0.1) is 12.2 Å². The summed E-state index contributed by atoms with van der Waals surface area (Å²) in [6.45, 7) is 5.26. The highest BCUT2D eigenvalue weighted by atomic mass is 16.5. The van der Waals surface area contributed by atoms with Crippen LogP contribution >= 0.6 is 0 Å². The third kappa shape index (κ3) is 4.16. The minimum Gasteiger partial charge on any atom is -0.506 e. The van der Waals surface area contributed by atoms with Gasteiger partial charge in [0.2, 0.25) is 5.89 Å². The predicted molar refractivity (Wildman–Crippen MR) is 92.1 cm³/mol. The van der Waals surface area contributed by atoms with Gasteiger partial charge in [0.25, 0.3) is 0 Å². The van der Waals surface area contributed by atoms with Gasteiger partial charge in [-0.1, -0.05) is 5.16 Å². The molecule has 7 nitrogen and oxygen atoms in total. The second-order valence-electron chi connectivity index (χ2n) is 7.20. The van der Waals surface area contributed by atoms with Crippen molar-refractivity contribution in [2.45, 2.75) is 57.7 Å². The molecule has 2 aromatic rings. The first-order valence-electron chi connectivity index (χ1n) is 9.11. The molecule has 7 heteroatoms. The van der Waals surface area contributed by atoms with E-state index in [0.717, 1.165) is 49.9 Å². The van der Waals surface area contributed by atoms with Crippen LogP contribution < -0.4 is 5.32 Å². The third-order valence-corrected chi connectivity index (χ3v) is 4.93. The first kappa shape index (κ1) is 16.5. The van der Waals surface area contributed by atoms with Crippen molar-refractivity contribution in [3.63, 3.8) is 0 Å². The molecule has 0 radical (unpaired) electrons. The van der Waals surface area contributed by atoms with Gasteiger partial charge in [-0.25, -0.2) is 0 Å². The molecule has 2 aromatic heterocycles. The second-order valence-corrected chi connectivity index (χ2v) is 7.20. The molecular weight excluding hydrogens is 318 g/mol. The SMILES string of the molecule is Cc1ccc(O)c(CN[C@H]2CCCN(Cc3noc(C4CC4)n3)C2)n1. The van der Waals surface area contributed by atoms with Crippen LogP contribution in [0, 0.1) is 6.92 Å². The van der Waals surface area contributed by atoms with E-state index in [4.69, 9.17) is 4.52 Å². The summed E-state index contributed by atoms with van der Waals surface area (Å²) in [4.78, 5) is 11.3. The Kier molecular flexibility index (Phi) is 4.67. The second kappa shape index (κ2) is 7.09. The first-order valence-corrected chi connectivity index (χ1v) is 9.11. The molecule has 3 heterocycles. The molecule has 0 spiro atoms. The molecule has 134 valence electrons. The molecule has 2 N–H and O–H groups in total. The van der Waals surface area contributed by atoms with Crippen molar-refractivity contribution in [3.05, 3.63) is 35.2 Å². The Bertz CT molecular complexity index is 728. The van der Waals surface area contributed by atoms with Crippen LogP contribution in [0.5, 0.6) is 5.75 Å². The van der Waals surface area contributed by atoms with Gasteiger partial charge in [0.1, 0.15) is 5.75 Å². The van der Waals surface area contributed by atoms with Crippen LogP contribution in [0.4, 0.5) is 0 Å². The Labute approximate surface area is 147 Å². The van der Waals surface area contributed by atoms with Crippen molar-refractivity contribution >= 4 is 0 Å². The monoisotopic (exact) mass is 343 g/mol. The summed E-state index contributed by atoms with van der Waals surface area (Å²) in [5, 5.41) is 17.6. The largest absolute Gasteiger partial charge is 0.506 e. The molecule has 2 aliphatic rings. The summed E-state index contributed by atoms with van der Waals surface area (Å²) in [6, 6.07) is 3.91. The van der Waals surface area contributed by atoms with Gasteiger partial charge in [-0.05, 0) is 51.3 Å². The molecule has 1 aliphatic carbocycles. The van der Waals surface area contributed by atoms with Gasteiger partial charge in [-0.2, -0.15) is 4.98 Å². The number of aromatic hydroxyl groups is 1.